The van der Waals surface area contributed by atoms with Gasteiger partial charge in [0, 0.05) is 25.9 Å². The van der Waals surface area contributed by atoms with Crippen LogP contribution in [0.25, 0.3) is 0 Å². The molecule has 0 radical (unpaired) electrons. The van der Waals surface area contributed by atoms with E-state index in [9.17, 15) is 12.8 Å². The van der Waals surface area contributed by atoms with Gasteiger partial charge in [-0.2, -0.15) is 10.4 Å². The van der Waals surface area contributed by atoms with Crippen molar-refractivity contribution in [1.29, 1.82) is 5.26 Å². The van der Waals surface area contributed by atoms with Crippen molar-refractivity contribution < 1.29 is 12.8 Å². The van der Waals surface area contributed by atoms with Gasteiger partial charge in [-0.3, -0.25) is 9.91 Å². The average Bonchev–Trinajstić information content (AvgIpc) is 3.07. The van der Waals surface area contributed by atoms with E-state index in [0.29, 0.717) is 32.4 Å². The van der Waals surface area contributed by atoms with Crippen LogP contribution in [0, 0.1) is 24.1 Å². The fourth-order valence-corrected chi connectivity index (χ4v) is 4.26. The summed E-state index contributed by atoms with van der Waals surface area (Å²) in [5, 5.41) is 20.2. The Morgan fingerprint density at radius 3 is 2.74 bits per heavy atom. The van der Waals surface area contributed by atoms with Crippen LogP contribution in [0.15, 0.2) is 52.5 Å². The molecule has 1 unspecified atom stereocenters. The Morgan fingerprint density at radius 1 is 1.32 bits per heavy atom. The van der Waals surface area contributed by atoms with E-state index in [1.54, 1.807) is 5.01 Å². The number of anilines is 1. The summed E-state index contributed by atoms with van der Waals surface area (Å²) in [6.45, 7) is 3.21. The molecule has 3 rings (SSSR count). The molecule has 1 atom stereocenters. The molecule has 2 N–H and O–H groups in total. The Labute approximate surface area is 182 Å². The standard InChI is InChI=1S/C22H26FN5O2S/c1-16-5-3-6-17(11-16)12-19-13-18(15-27(2)10-4-9-24)26-28(19)22-8-7-20(14-21(22)23)31(25,29)30/h3,5-8,11,14,19H,4,10,12-13,15H2,1-2H3,(H2,25,29,30). The van der Waals surface area contributed by atoms with Crippen molar-refractivity contribution in [2.24, 2.45) is 10.2 Å². The Morgan fingerprint density at radius 2 is 2.10 bits per heavy atom. The number of primary sulfonamides is 1. The normalized spacial score (nSPS) is 16.5. The molecule has 0 amide bonds. The first-order chi connectivity index (χ1) is 14.7. The fourth-order valence-electron chi connectivity index (χ4n) is 3.73. The predicted molar refractivity (Wildman–Crippen MR) is 119 cm³/mol. The third kappa shape index (κ3) is 5.88. The summed E-state index contributed by atoms with van der Waals surface area (Å²) in [7, 11) is -2.08. The minimum atomic E-state index is -4.00. The number of benzene rings is 2. The predicted octanol–water partition coefficient (Wildman–Crippen LogP) is 2.80. The van der Waals surface area contributed by atoms with Crippen molar-refractivity contribution in [3.8, 4) is 6.07 Å². The highest BCUT2D eigenvalue weighted by molar-refractivity contribution is 7.89. The van der Waals surface area contributed by atoms with Gasteiger partial charge in [0.1, 0.15) is 5.82 Å². The van der Waals surface area contributed by atoms with Crippen LogP contribution in [0.5, 0.6) is 0 Å². The first kappa shape index (κ1) is 22.9. The maximum absolute atomic E-state index is 14.9. The lowest BCUT2D eigenvalue weighted by molar-refractivity contribution is 0.388. The van der Waals surface area contributed by atoms with Crippen molar-refractivity contribution in [3.63, 3.8) is 0 Å². The molecule has 0 aliphatic carbocycles. The molecule has 0 spiro atoms. The van der Waals surface area contributed by atoms with Crippen LogP contribution in [0.2, 0.25) is 0 Å². The van der Waals surface area contributed by atoms with Crippen LogP contribution in [0.4, 0.5) is 10.1 Å². The largest absolute Gasteiger partial charge is 0.300 e. The fraction of sp³-hybridized carbons (Fsp3) is 0.364. The summed E-state index contributed by atoms with van der Waals surface area (Å²) in [6, 6.07) is 13.8. The molecule has 9 heteroatoms. The zero-order valence-corrected chi connectivity index (χ0v) is 18.4. The van der Waals surface area contributed by atoms with E-state index in [1.807, 2.05) is 37.1 Å². The SMILES string of the molecule is Cc1cccc(CC2CC(CN(C)CCC#N)=NN2c2ccc(S(N)(=O)=O)cc2F)c1. The number of hydrazone groups is 1. The van der Waals surface area contributed by atoms with Crippen molar-refractivity contribution in [3.05, 3.63) is 59.4 Å². The second-order valence-electron chi connectivity index (χ2n) is 7.87. The summed E-state index contributed by atoms with van der Waals surface area (Å²) in [5.41, 5.74) is 3.35. The van der Waals surface area contributed by atoms with E-state index in [0.717, 1.165) is 22.9 Å². The van der Waals surface area contributed by atoms with Gasteiger partial charge in [0.05, 0.1) is 28.4 Å². The number of rotatable bonds is 8. The van der Waals surface area contributed by atoms with Gasteiger partial charge in [0.15, 0.2) is 0 Å². The smallest absolute Gasteiger partial charge is 0.238 e. The summed E-state index contributed by atoms with van der Waals surface area (Å²) in [4.78, 5) is 1.74. The van der Waals surface area contributed by atoms with Crippen molar-refractivity contribution in [2.45, 2.75) is 37.1 Å². The van der Waals surface area contributed by atoms with E-state index in [2.05, 4.69) is 17.2 Å². The second kappa shape index (κ2) is 9.56. The number of hydrogen-bond acceptors (Lipinski definition) is 6. The highest BCUT2D eigenvalue weighted by Gasteiger charge is 2.30. The van der Waals surface area contributed by atoms with Crippen LogP contribution in [-0.4, -0.2) is 45.2 Å². The molecule has 2 aromatic carbocycles. The van der Waals surface area contributed by atoms with E-state index in [1.165, 1.54) is 12.1 Å². The zero-order chi connectivity index (χ0) is 22.6. The van der Waals surface area contributed by atoms with Gasteiger partial charge >= 0.3 is 0 Å². The Bertz CT molecular complexity index is 1130. The lowest BCUT2D eigenvalue weighted by Gasteiger charge is -2.24. The Kier molecular flexibility index (Phi) is 7.05. The van der Waals surface area contributed by atoms with Gasteiger partial charge in [-0.15, -0.1) is 0 Å². The van der Waals surface area contributed by atoms with Crippen LogP contribution < -0.4 is 10.1 Å². The summed E-state index contributed by atoms with van der Waals surface area (Å²) in [5.74, 6) is -0.691. The van der Waals surface area contributed by atoms with Crippen LogP contribution >= 0.6 is 0 Å². The summed E-state index contributed by atoms with van der Waals surface area (Å²) < 4.78 is 38.0. The lowest BCUT2D eigenvalue weighted by atomic mass is 9.99. The molecule has 31 heavy (non-hydrogen) atoms. The molecule has 0 saturated carbocycles. The van der Waals surface area contributed by atoms with Crippen molar-refractivity contribution in [1.82, 2.24) is 4.90 Å². The number of nitrogens with zero attached hydrogens (tertiary/aromatic N) is 4. The first-order valence-electron chi connectivity index (χ1n) is 9.96. The van der Waals surface area contributed by atoms with Gasteiger partial charge in [0.25, 0.3) is 0 Å². The van der Waals surface area contributed by atoms with Crippen molar-refractivity contribution >= 4 is 21.4 Å². The molecule has 1 heterocycles. The van der Waals surface area contributed by atoms with E-state index in [-0.39, 0.29) is 16.6 Å². The van der Waals surface area contributed by atoms with Gasteiger partial charge in [-0.25, -0.2) is 17.9 Å². The third-order valence-corrected chi connectivity index (χ3v) is 6.08. The molecule has 0 fully saturated rings. The molecule has 1 aliphatic rings. The summed E-state index contributed by atoms with van der Waals surface area (Å²) >= 11 is 0. The number of halogens is 1. The molecule has 0 aromatic heterocycles. The van der Waals surface area contributed by atoms with E-state index in [4.69, 9.17) is 10.4 Å². The van der Waals surface area contributed by atoms with Crippen LogP contribution in [-0.2, 0) is 16.4 Å². The number of sulfonamides is 1. The minimum absolute atomic E-state index is 0.115. The van der Waals surface area contributed by atoms with Crippen molar-refractivity contribution in [2.75, 3.05) is 25.1 Å². The zero-order valence-electron chi connectivity index (χ0n) is 17.6. The minimum Gasteiger partial charge on any atom is -0.300 e. The van der Waals surface area contributed by atoms with Crippen LogP contribution in [0.1, 0.15) is 24.0 Å². The number of nitrogens with two attached hydrogens (primary N) is 1. The molecule has 7 nitrogen and oxygen atoms in total. The topological polar surface area (TPSA) is 103 Å². The van der Waals surface area contributed by atoms with Gasteiger partial charge in [-0.05, 0) is 44.2 Å². The Balaban J connectivity index is 1.90. The monoisotopic (exact) mass is 443 g/mol. The molecular weight excluding hydrogens is 417 g/mol. The second-order valence-corrected chi connectivity index (χ2v) is 9.43. The molecule has 0 bridgehead atoms. The molecular formula is C22H26FN5O2S. The third-order valence-electron chi connectivity index (χ3n) is 5.17. The number of aryl methyl sites for hydroxylation is 1. The summed E-state index contributed by atoms with van der Waals surface area (Å²) in [6.07, 6.45) is 1.72. The molecule has 2 aromatic rings. The highest BCUT2D eigenvalue weighted by Crippen LogP contribution is 2.30. The van der Waals surface area contributed by atoms with Gasteiger partial charge in [0.2, 0.25) is 10.0 Å². The highest BCUT2D eigenvalue weighted by atomic mass is 32.2. The number of nitriles is 1. The quantitative estimate of drug-likeness (QED) is 0.676. The first-order valence-corrected chi connectivity index (χ1v) is 11.5. The lowest BCUT2D eigenvalue weighted by Crippen LogP contribution is -2.30. The van der Waals surface area contributed by atoms with Crippen LogP contribution in [0.3, 0.4) is 0 Å². The number of hydrogen-bond donors (Lipinski definition) is 1. The molecule has 1 aliphatic heterocycles. The van der Waals surface area contributed by atoms with Gasteiger partial charge in [-0.1, -0.05) is 29.8 Å². The van der Waals surface area contributed by atoms with Gasteiger partial charge < -0.3 is 0 Å². The maximum atomic E-state index is 14.9. The average molecular weight is 444 g/mol. The molecule has 0 saturated heterocycles. The van der Waals surface area contributed by atoms with E-state index < -0.39 is 15.8 Å². The Hall–Kier alpha value is -2.80. The van der Waals surface area contributed by atoms with E-state index >= 15 is 0 Å². The molecule has 164 valence electrons. The maximum Gasteiger partial charge on any atom is 0.238 e.